The second-order valence-corrected chi connectivity index (χ2v) is 5.83. The Morgan fingerprint density at radius 2 is 2.00 bits per heavy atom. The van der Waals surface area contributed by atoms with Crippen LogP contribution < -0.4 is 0 Å². The molecule has 2 aromatic rings. The Morgan fingerprint density at radius 1 is 1.22 bits per heavy atom. The number of rotatable bonds is 3. The minimum Gasteiger partial charge on any atom is -0.441 e. The van der Waals surface area contributed by atoms with Crippen LogP contribution in [0.3, 0.4) is 0 Å². The molecule has 18 heavy (non-hydrogen) atoms. The summed E-state index contributed by atoms with van der Waals surface area (Å²) < 4.78 is 5.67. The molecule has 1 N–H and O–H groups in total. The zero-order chi connectivity index (χ0) is 12.1. The van der Waals surface area contributed by atoms with Gasteiger partial charge in [0.2, 0.25) is 0 Å². The van der Waals surface area contributed by atoms with Gasteiger partial charge in [-0.15, -0.1) is 0 Å². The SMILES string of the molecule is OC(Cc1nc2ccccc2o1)C1CC2CC2C1. The Balaban J connectivity index is 1.49. The van der Waals surface area contributed by atoms with Gasteiger partial charge in [-0.3, -0.25) is 0 Å². The molecule has 0 amide bonds. The fourth-order valence-corrected chi connectivity index (χ4v) is 3.43. The molecule has 2 fully saturated rings. The van der Waals surface area contributed by atoms with Crippen LogP contribution in [0, 0.1) is 17.8 Å². The standard InChI is InChI=1S/C15H17NO2/c17-13(11-6-9-5-10(9)7-11)8-15-16-12-3-1-2-4-14(12)18-15/h1-4,9-11,13,17H,5-8H2. The second-order valence-electron chi connectivity index (χ2n) is 5.83. The quantitative estimate of drug-likeness (QED) is 0.901. The highest BCUT2D eigenvalue weighted by Crippen LogP contribution is 2.55. The molecule has 3 atom stereocenters. The second kappa shape index (κ2) is 3.82. The average molecular weight is 243 g/mol. The van der Waals surface area contributed by atoms with E-state index in [4.69, 9.17) is 4.42 Å². The summed E-state index contributed by atoms with van der Waals surface area (Å²) in [7, 11) is 0. The van der Waals surface area contributed by atoms with Crippen LogP contribution in [0.15, 0.2) is 28.7 Å². The van der Waals surface area contributed by atoms with E-state index < -0.39 is 0 Å². The number of para-hydroxylation sites is 2. The van der Waals surface area contributed by atoms with Gasteiger partial charge in [-0.2, -0.15) is 0 Å². The summed E-state index contributed by atoms with van der Waals surface area (Å²) >= 11 is 0. The predicted molar refractivity (Wildman–Crippen MR) is 68.0 cm³/mol. The largest absolute Gasteiger partial charge is 0.441 e. The molecule has 94 valence electrons. The van der Waals surface area contributed by atoms with Crippen LogP contribution >= 0.6 is 0 Å². The smallest absolute Gasteiger partial charge is 0.198 e. The van der Waals surface area contributed by atoms with Crippen molar-refractivity contribution in [3.8, 4) is 0 Å². The number of hydrogen-bond acceptors (Lipinski definition) is 3. The summed E-state index contributed by atoms with van der Waals surface area (Å²) in [4.78, 5) is 4.43. The first kappa shape index (κ1) is 10.6. The molecule has 3 heteroatoms. The number of aromatic nitrogens is 1. The van der Waals surface area contributed by atoms with E-state index in [0.29, 0.717) is 18.2 Å². The Kier molecular flexibility index (Phi) is 2.24. The maximum absolute atomic E-state index is 10.3. The van der Waals surface area contributed by atoms with Crippen LogP contribution in [-0.4, -0.2) is 16.2 Å². The van der Waals surface area contributed by atoms with Crippen molar-refractivity contribution in [3.63, 3.8) is 0 Å². The number of nitrogens with zero attached hydrogens (tertiary/aromatic N) is 1. The van der Waals surface area contributed by atoms with Gasteiger partial charge in [0.25, 0.3) is 0 Å². The lowest BCUT2D eigenvalue weighted by molar-refractivity contribution is 0.0977. The van der Waals surface area contributed by atoms with E-state index in [1.807, 2.05) is 24.3 Å². The topological polar surface area (TPSA) is 46.3 Å². The van der Waals surface area contributed by atoms with Crippen molar-refractivity contribution >= 4 is 11.1 Å². The summed E-state index contributed by atoms with van der Waals surface area (Å²) in [5.74, 6) is 2.95. The molecule has 3 unspecified atom stereocenters. The van der Waals surface area contributed by atoms with Crippen LogP contribution in [0.25, 0.3) is 11.1 Å². The molecule has 0 bridgehead atoms. The highest BCUT2D eigenvalue weighted by molar-refractivity contribution is 5.72. The van der Waals surface area contributed by atoms with Gasteiger partial charge in [-0.25, -0.2) is 4.98 Å². The van der Waals surface area contributed by atoms with E-state index in [1.54, 1.807) is 0 Å². The van der Waals surface area contributed by atoms with Gasteiger partial charge in [0, 0.05) is 0 Å². The monoisotopic (exact) mass is 243 g/mol. The lowest BCUT2D eigenvalue weighted by Crippen LogP contribution is -2.21. The maximum Gasteiger partial charge on any atom is 0.198 e. The molecule has 2 aliphatic rings. The van der Waals surface area contributed by atoms with Crippen molar-refractivity contribution in [2.45, 2.75) is 31.8 Å². The third kappa shape index (κ3) is 1.74. The molecule has 4 rings (SSSR count). The number of benzene rings is 1. The number of aliphatic hydroxyl groups excluding tert-OH is 1. The Hall–Kier alpha value is -1.35. The van der Waals surface area contributed by atoms with Crippen molar-refractivity contribution < 1.29 is 9.52 Å². The summed E-state index contributed by atoms with van der Waals surface area (Å²) in [5, 5.41) is 10.3. The Morgan fingerprint density at radius 3 is 2.78 bits per heavy atom. The molecule has 1 aromatic carbocycles. The van der Waals surface area contributed by atoms with Crippen LogP contribution in [0.1, 0.15) is 25.2 Å². The molecule has 1 aromatic heterocycles. The van der Waals surface area contributed by atoms with Crippen molar-refractivity contribution in [1.29, 1.82) is 0 Å². The lowest BCUT2D eigenvalue weighted by Gasteiger charge is -2.17. The first-order valence-corrected chi connectivity index (χ1v) is 6.82. The number of hydrogen-bond donors (Lipinski definition) is 1. The Bertz CT molecular complexity index is 534. The summed E-state index contributed by atoms with van der Waals surface area (Å²) in [6.45, 7) is 0. The highest BCUT2D eigenvalue weighted by Gasteiger charge is 2.47. The normalized spacial score (nSPS) is 31.5. The zero-order valence-corrected chi connectivity index (χ0v) is 10.2. The van der Waals surface area contributed by atoms with Gasteiger partial charge in [0.1, 0.15) is 5.52 Å². The zero-order valence-electron chi connectivity index (χ0n) is 10.2. The molecule has 2 saturated carbocycles. The third-order valence-corrected chi connectivity index (χ3v) is 4.55. The van der Waals surface area contributed by atoms with Crippen LogP contribution in [-0.2, 0) is 6.42 Å². The molecule has 0 spiro atoms. The molecular weight excluding hydrogens is 226 g/mol. The third-order valence-electron chi connectivity index (χ3n) is 4.55. The van der Waals surface area contributed by atoms with Crippen molar-refractivity contribution in [3.05, 3.63) is 30.2 Å². The van der Waals surface area contributed by atoms with Gasteiger partial charge in [0.05, 0.1) is 12.5 Å². The Labute approximate surface area is 106 Å². The van der Waals surface area contributed by atoms with Crippen LogP contribution in [0.5, 0.6) is 0 Å². The molecule has 1 heterocycles. The highest BCUT2D eigenvalue weighted by atomic mass is 16.4. The molecule has 0 saturated heterocycles. The summed E-state index contributed by atoms with van der Waals surface area (Å²) in [6, 6.07) is 7.76. The molecule has 3 nitrogen and oxygen atoms in total. The maximum atomic E-state index is 10.3. The van der Waals surface area contributed by atoms with Crippen LogP contribution in [0.4, 0.5) is 0 Å². The van der Waals surface area contributed by atoms with Gasteiger partial charge >= 0.3 is 0 Å². The lowest BCUT2D eigenvalue weighted by atomic mass is 9.95. The molecule has 2 aliphatic carbocycles. The van der Waals surface area contributed by atoms with E-state index in [2.05, 4.69) is 4.98 Å². The van der Waals surface area contributed by atoms with E-state index in [0.717, 1.165) is 22.9 Å². The summed E-state index contributed by atoms with van der Waals surface area (Å²) in [5.41, 5.74) is 1.70. The number of fused-ring (bicyclic) bond motifs is 2. The van der Waals surface area contributed by atoms with Gasteiger partial charge in [0.15, 0.2) is 11.5 Å². The predicted octanol–water partition coefficient (Wildman–Crippen LogP) is 2.78. The molecular formula is C15H17NO2. The number of oxazole rings is 1. The summed E-state index contributed by atoms with van der Waals surface area (Å²) in [6.07, 6.45) is 4.06. The van der Waals surface area contributed by atoms with Gasteiger partial charge in [-0.05, 0) is 49.1 Å². The minimum absolute atomic E-state index is 0.286. The van der Waals surface area contributed by atoms with Crippen molar-refractivity contribution in [2.24, 2.45) is 17.8 Å². The minimum atomic E-state index is -0.286. The van der Waals surface area contributed by atoms with Crippen molar-refractivity contribution in [1.82, 2.24) is 4.98 Å². The van der Waals surface area contributed by atoms with Gasteiger partial charge < -0.3 is 9.52 Å². The first-order chi connectivity index (χ1) is 8.79. The fraction of sp³-hybridized carbons (Fsp3) is 0.533. The number of aliphatic hydroxyl groups is 1. The van der Waals surface area contributed by atoms with Gasteiger partial charge in [-0.1, -0.05) is 12.1 Å². The first-order valence-electron chi connectivity index (χ1n) is 6.82. The van der Waals surface area contributed by atoms with E-state index in [1.165, 1.54) is 19.3 Å². The van der Waals surface area contributed by atoms with E-state index >= 15 is 0 Å². The van der Waals surface area contributed by atoms with Crippen molar-refractivity contribution in [2.75, 3.05) is 0 Å². The molecule has 0 aliphatic heterocycles. The average Bonchev–Trinajstić information content (AvgIpc) is 2.83. The van der Waals surface area contributed by atoms with Crippen LogP contribution in [0.2, 0.25) is 0 Å². The van der Waals surface area contributed by atoms with E-state index in [9.17, 15) is 5.11 Å². The molecule has 0 radical (unpaired) electrons. The fourth-order valence-electron chi connectivity index (χ4n) is 3.43. The van der Waals surface area contributed by atoms with E-state index in [-0.39, 0.29) is 6.10 Å².